The predicted octanol–water partition coefficient (Wildman–Crippen LogP) is 4.50. The van der Waals surface area contributed by atoms with Gasteiger partial charge in [-0.1, -0.05) is 30.3 Å². The topological polar surface area (TPSA) is 67.1 Å². The molecule has 1 aliphatic rings. The maximum absolute atomic E-state index is 5.93. The van der Waals surface area contributed by atoms with E-state index in [9.17, 15) is 0 Å². The number of hydrogen-bond donors (Lipinski definition) is 1. The number of nitrogens with zero attached hydrogens (tertiary/aromatic N) is 4. The van der Waals surface area contributed by atoms with Crippen molar-refractivity contribution in [3.63, 3.8) is 0 Å². The van der Waals surface area contributed by atoms with E-state index in [-0.39, 0.29) is 0 Å². The van der Waals surface area contributed by atoms with Crippen LogP contribution in [0.2, 0.25) is 0 Å². The van der Waals surface area contributed by atoms with E-state index in [2.05, 4.69) is 31.2 Å². The second-order valence-electron chi connectivity index (χ2n) is 6.99. The molecule has 5 rings (SSSR count). The van der Waals surface area contributed by atoms with E-state index in [1.54, 1.807) is 0 Å². The molecule has 0 aliphatic carbocycles. The first-order chi connectivity index (χ1) is 13.9. The molecule has 1 aliphatic heterocycles. The number of hydrogen-bond acceptors (Lipinski definition) is 6. The Morgan fingerprint density at radius 1 is 0.964 bits per heavy atom. The standard InChI is InChI=1S/C22H21N5O/c1-2-6-17(7-3-1)19-13-18-21(25-15-26-22(18)28-19)24-14-16-8-9-23-20(12-16)27-10-4-5-11-27/h1-3,6-9,12-13,15H,4-5,10-11,14H2,(H,24,25,26). The van der Waals surface area contributed by atoms with Crippen molar-refractivity contribution >= 4 is 22.7 Å². The molecule has 0 unspecified atom stereocenters. The van der Waals surface area contributed by atoms with Gasteiger partial charge in [0.05, 0.1) is 5.39 Å². The average Bonchev–Trinajstić information content (AvgIpc) is 3.43. The Labute approximate surface area is 163 Å². The van der Waals surface area contributed by atoms with Gasteiger partial charge in [0.1, 0.15) is 23.7 Å². The van der Waals surface area contributed by atoms with Crippen LogP contribution in [-0.2, 0) is 6.54 Å². The number of rotatable bonds is 5. The molecule has 0 saturated carbocycles. The van der Waals surface area contributed by atoms with Crippen molar-refractivity contribution in [2.45, 2.75) is 19.4 Å². The van der Waals surface area contributed by atoms with E-state index in [1.165, 1.54) is 24.7 Å². The molecule has 6 nitrogen and oxygen atoms in total. The Hall–Kier alpha value is -3.41. The van der Waals surface area contributed by atoms with E-state index in [0.29, 0.717) is 12.3 Å². The van der Waals surface area contributed by atoms with E-state index in [0.717, 1.165) is 41.4 Å². The Kier molecular flexibility index (Phi) is 4.37. The van der Waals surface area contributed by atoms with Crippen molar-refractivity contribution in [1.29, 1.82) is 0 Å². The lowest BCUT2D eigenvalue weighted by Gasteiger charge is -2.17. The summed E-state index contributed by atoms with van der Waals surface area (Å²) in [4.78, 5) is 15.6. The molecule has 140 valence electrons. The fourth-order valence-corrected chi connectivity index (χ4v) is 3.62. The van der Waals surface area contributed by atoms with Gasteiger partial charge >= 0.3 is 0 Å². The summed E-state index contributed by atoms with van der Waals surface area (Å²) >= 11 is 0. The summed E-state index contributed by atoms with van der Waals surface area (Å²) in [6.45, 7) is 2.85. The predicted molar refractivity (Wildman–Crippen MR) is 110 cm³/mol. The third-order valence-corrected chi connectivity index (χ3v) is 5.09. The van der Waals surface area contributed by atoms with Gasteiger partial charge < -0.3 is 14.6 Å². The van der Waals surface area contributed by atoms with Gasteiger partial charge in [-0.3, -0.25) is 0 Å². The van der Waals surface area contributed by atoms with Crippen LogP contribution < -0.4 is 10.2 Å². The lowest BCUT2D eigenvalue weighted by Crippen LogP contribution is -2.19. The minimum Gasteiger partial charge on any atom is -0.438 e. The molecule has 0 bridgehead atoms. The summed E-state index contributed by atoms with van der Waals surface area (Å²) in [5.41, 5.74) is 2.79. The van der Waals surface area contributed by atoms with Crippen LogP contribution in [0.4, 0.5) is 11.6 Å². The quantitative estimate of drug-likeness (QED) is 0.557. The highest BCUT2D eigenvalue weighted by atomic mass is 16.3. The molecule has 0 atom stereocenters. The second-order valence-corrected chi connectivity index (χ2v) is 6.99. The van der Waals surface area contributed by atoms with Gasteiger partial charge in [-0.2, -0.15) is 0 Å². The van der Waals surface area contributed by atoms with Crippen LogP contribution in [-0.4, -0.2) is 28.0 Å². The van der Waals surface area contributed by atoms with Crippen molar-refractivity contribution in [3.05, 3.63) is 66.6 Å². The van der Waals surface area contributed by atoms with Gasteiger partial charge in [-0.25, -0.2) is 15.0 Å². The lowest BCUT2D eigenvalue weighted by molar-refractivity contribution is 0.617. The Balaban J connectivity index is 1.38. The summed E-state index contributed by atoms with van der Waals surface area (Å²) in [5, 5.41) is 4.31. The van der Waals surface area contributed by atoms with Crippen LogP contribution in [0.1, 0.15) is 18.4 Å². The molecule has 4 aromatic rings. The number of anilines is 2. The fraction of sp³-hybridized carbons (Fsp3) is 0.227. The SMILES string of the molecule is c1ccc(-c2cc3c(NCc4ccnc(N5CCCC5)c4)ncnc3o2)cc1. The van der Waals surface area contributed by atoms with Crippen LogP contribution in [0.15, 0.2) is 65.5 Å². The first-order valence-corrected chi connectivity index (χ1v) is 9.60. The van der Waals surface area contributed by atoms with Gasteiger partial charge in [-0.15, -0.1) is 0 Å². The zero-order chi connectivity index (χ0) is 18.8. The Morgan fingerprint density at radius 3 is 2.68 bits per heavy atom. The van der Waals surface area contributed by atoms with Gasteiger partial charge in [0.25, 0.3) is 0 Å². The highest BCUT2D eigenvalue weighted by Crippen LogP contribution is 2.30. The first kappa shape index (κ1) is 16.7. The molecule has 0 spiro atoms. The molecule has 6 heteroatoms. The van der Waals surface area contributed by atoms with Gasteiger partial charge in [-0.05, 0) is 36.6 Å². The summed E-state index contributed by atoms with van der Waals surface area (Å²) in [6.07, 6.45) is 5.90. The Morgan fingerprint density at radius 2 is 1.82 bits per heavy atom. The summed E-state index contributed by atoms with van der Waals surface area (Å²) < 4.78 is 5.93. The van der Waals surface area contributed by atoms with Crippen molar-refractivity contribution in [1.82, 2.24) is 15.0 Å². The normalized spacial score (nSPS) is 13.9. The maximum Gasteiger partial charge on any atom is 0.231 e. The number of benzene rings is 1. The minimum atomic E-state index is 0.587. The van der Waals surface area contributed by atoms with Crippen molar-refractivity contribution in [2.24, 2.45) is 0 Å². The van der Waals surface area contributed by atoms with Gasteiger partial charge in [0, 0.05) is 31.4 Å². The van der Waals surface area contributed by atoms with Crippen LogP contribution in [0, 0.1) is 0 Å². The molecular weight excluding hydrogens is 350 g/mol. The molecule has 1 aromatic carbocycles. The first-order valence-electron chi connectivity index (χ1n) is 9.60. The van der Waals surface area contributed by atoms with E-state index in [1.807, 2.05) is 48.7 Å². The highest BCUT2D eigenvalue weighted by molar-refractivity contribution is 5.89. The zero-order valence-electron chi connectivity index (χ0n) is 15.5. The van der Waals surface area contributed by atoms with E-state index in [4.69, 9.17) is 4.42 Å². The van der Waals surface area contributed by atoms with Gasteiger partial charge in [0.2, 0.25) is 5.71 Å². The molecule has 0 radical (unpaired) electrons. The highest BCUT2D eigenvalue weighted by Gasteiger charge is 2.14. The Bertz CT molecular complexity index is 1090. The maximum atomic E-state index is 5.93. The second kappa shape index (κ2) is 7.31. The lowest BCUT2D eigenvalue weighted by atomic mass is 10.1. The number of furan rings is 1. The monoisotopic (exact) mass is 371 g/mol. The van der Waals surface area contributed by atoms with Gasteiger partial charge in [0.15, 0.2) is 0 Å². The van der Waals surface area contributed by atoms with Crippen molar-refractivity contribution in [2.75, 3.05) is 23.3 Å². The number of fused-ring (bicyclic) bond motifs is 1. The molecule has 4 heterocycles. The van der Waals surface area contributed by atoms with Crippen LogP contribution in [0.3, 0.4) is 0 Å². The van der Waals surface area contributed by atoms with E-state index >= 15 is 0 Å². The third-order valence-electron chi connectivity index (χ3n) is 5.09. The molecule has 1 N–H and O–H groups in total. The minimum absolute atomic E-state index is 0.587. The van der Waals surface area contributed by atoms with Crippen molar-refractivity contribution in [3.8, 4) is 11.3 Å². The zero-order valence-corrected chi connectivity index (χ0v) is 15.5. The molecule has 3 aromatic heterocycles. The number of nitrogens with one attached hydrogen (secondary N) is 1. The van der Waals surface area contributed by atoms with Crippen LogP contribution >= 0.6 is 0 Å². The number of pyridine rings is 1. The largest absolute Gasteiger partial charge is 0.438 e. The smallest absolute Gasteiger partial charge is 0.231 e. The molecule has 0 amide bonds. The molecular formula is C22H21N5O. The van der Waals surface area contributed by atoms with Crippen molar-refractivity contribution < 1.29 is 4.42 Å². The summed E-state index contributed by atoms with van der Waals surface area (Å²) in [5.74, 6) is 2.62. The molecule has 1 saturated heterocycles. The summed E-state index contributed by atoms with van der Waals surface area (Å²) in [7, 11) is 0. The fourth-order valence-electron chi connectivity index (χ4n) is 3.62. The van der Waals surface area contributed by atoms with E-state index < -0.39 is 0 Å². The summed E-state index contributed by atoms with van der Waals surface area (Å²) in [6, 6.07) is 16.2. The molecule has 1 fully saturated rings. The average molecular weight is 371 g/mol. The number of aromatic nitrogens is 3. The molecule has 28 heavy (non-hydrogen) atoms. The third kappa shape index (κ3) is 3.29. The van der Waals surface area contributed by atoms with Crippen LogP contribution in [0.25, 0.3) is 22.4 Å². The van der Waals surface area contributed by atoms with Crippen LogP contribution in [0.5, 0.6) is 0 Å².